The smallest absolute Gasteiger partial charge is 0.399 e. The molecule has 1 fully saturated rings. The largest absolute Gasteiger partial charge is 0.495 e. The molecule has 0 saturated carbocycles. The molecule has 1 saturated heterocycles. The number of ketones is 1. The Kier molecular flexibility index (Phi) is 14.8. The van der Waals surface area contributed by atoms with E-state index < -0.39 is 7.12 Å². The molecular formula is C80H88BBrO3. The molecule has 0 unspecified atom stereocenters. The van der Waals surface area contributed by atoms with Crippen molar-refractivity contribution in [2.45, 2.75) is 178 Å². The van der Waals surface area contributed by atoms with Gasteiger partial charge in [-0.25, -0.2) is 0 Å². The molecule has 1 heterocycles. The Morgan fingerprint density at radius 1 is 0.424 bits per heavy atom. The summed E-state index contributed by atoms with van der Waals surface area (Å²) in [6.45, 7) is 46.7. The van der Waals surface area contributed by atoms with Gasteiger partial charge in [0.15, 0.2) is 5.78 Å². The molecule has 1 aliphatic heterocycles. The van der Waals surface area contributed by atoms with Crippen molar-refractivity contribution in [3.8, 4) is 11.1 Å². The average molecular weight is 1190 g/mol. The third-order valence-corrected chi connectivity index (χ3v) is 19.7. The number of benzene rings is 10. The van der Waals surface area contributed by atoms with E-state index in [2.05, 4.69) is 301 Å². The summed E-state index contributed by atoms with van der Waals surface area (Å²) in [5, 5.41) is 15.5. The van der Waals surface area contributed by atoms with Crippen LogP contribution in [0.1, 0.15) is 177 Å². The average Bonchev–Trinajstić information content (AvgIpc) is 1.84. The van der Waals surface area contributed by atoms with Crippen molar-refractivity contribution in [2.24, 2.45) is 11.8 Å². The van der Waals surface area contributed by atoms with Crippen molar-refractivity contribution in [1.82, 2.24) is 0 Å². The van der Waals surface area contributed by atoms with Crippen molar-refractivity contribution in [1.29, 1.82) is 0 Å². The zero-order valence-electron chi connectivity index (χ0n) is 54.6. The number of hydrogen-bond acceptors (Lipinski definition) is 3. The van der Waals surface area contributed by atoms with E-state index in [0.29, 0.717) is 0 Å². The van der Waals surface area contributed by atoms with Crippen LogP contribution in [0.25, 0.3) is 86.9 Å². The molecule has 2 aliphatic carbocycles. The Bertz CT molecular complexity index is 4320. The quantitative estimate of drug-likeness (QED) is 0.100. The van der Waals surface area contributed by atoms with E-state index in [1.54, 1.807) is 0 Å². The lowest BCUT2D eigenvalue weighted by atomic mass is 9.74. The number of carbonyl (C=O) groups is 1. The molecule has 0 atom stereocenters. The van der Waals surface area contributed by atoms with Crippen LogP contribution in [0.3, 0.4) is 0 Å². The summed E-state index contributed by atoms with van der Waals surface area (Å²) in [6, 6.07) is 52.2. The predicted octanol–water partition coefficient (Wildman–Crippen LogP) is 22.1. The van der Waals surface area contributed by atoms with Gasteiger partial charge >= 0.3 is 7.12 Å². The number of halogens is 1. The fourth-order valence-corrected chi connectivity index (χ4v) is 13.8. The maximum Gasteiger partial charge on any atom is 0.495 e. The zero-order valence-corrected chi connectivity index (χ0v) is 56.2. The minimum atomic E-state index is -0.402. The van der Waals surface area contributed by atoms with Gasteiger partial charge < -0.3 is 9.31 Å². The van der Waals surface area contributed by atoms with Gasteiger partial charge in [-0.15, -0.1) is 0 Å². The topological polar surface area (TPSA) is 35.5 Å². The highest BCUT2D eigenvalue weighted by molar-refractivity contribution is 9.10. The van der Waals surface area contributed by atoms with Crippen molar-refractivity contribution in [3.05, 3.63) is 194 Å². The Balaban J connectivity index is 0.000000150. The first-order chi connectivity index (χ1) is 39.6. The molecule has 0 spiro atoms. The molecular weight excluding hydrogens is 1100 g/mol. The number of hydrogen-bond donors (Lipinski definition) is 0. The van der Waals surface area contributed by atoms with Crippen LogP contribution in [-0.4, -0.2) is 24.1 Å². The Labute approximate surface area is 516 Å². The lowest BCUT2D eigenvalue weighted by Gasteiger charge is -2.32. The van der Waals surface area contributed by atoms with Gasteiger partial charge in [-0.3, -0.25) is 4.79 Å². The Morgan fingerprint density at radius 2 is 0.847 bits per heavy atom. The van der Waals surface area contributed by atoms with Gasteiger partial charge in [-0.05, 0) is 205 Å². The molecule has 3 aliphatic rings. The van der Waals surface area contributed by atoms with E-state index in [0.717, 1.165) is 21.1 Å². The standard InChI is InChI=1S/C40H43BO2.C21H19BrO.C19H26/c1-37(2,3)25-21-24(22-26(23-25)38(4,5)6)27-17-18-31-32-19-20-34(41-42-39(7,8)40(9,10)43-41)33-16-12-15-30(36(32)33)29-14-11-13-28(27)35(29)31;1-10(2)16-19-13-7-5-6-12-15(22)9-8-14(18(12)13)20(19)17(11(3)4)21(16)23;1-13-10-16(19(5,6)7)12-14-11-15(18(2,3)4)8-9-17(13)14/h11-23H,1-10H3;5-11H,1-4H3;8-12H,1-7H3. The van der Waals surface area contributed by atoms with Gasteiger partial charge in [0.1, 0.15) is 0 Å². The number of fused-ring (bicyclic) bond motifs is 6. The van der Waals surface area contributed by atoms with Gasteiger partial charge in [-0.1, -0.05) is 260 Å². The second-order valence-corrected chi connectivity index (χ2v) is 31.3. The summed E-state index contributed by atoms with van der Waals surface area (Å²) in [7, 11) is -0.402. The van der Waals surface area contributed by atoms with Crippen LogP contribution < -0.4 is 5.46 Å². The van der Waals surface area contributed by atoms with Crippen LogP contribution >= 0.6 is 15.9 Å². The normalized spacial score (nSPS) is 16.1. The second kappa shape index (κ2) is 20.9. The van der Waals surface area contributed by atoms with Gasteiger partial charge in [0.25, 0.3) is 0 Å². The molecule has 0 aromatic heterocycles. The van der Waals surface area contributed by atoms with Crippen LogP contribution in [0.15, 0.2) is 155 Å². The Morgan fingerprint density at radius 3 is 1.39 bits per heavy atom. The third-order valence-electron chi connectivity index (χ3n) is 19.0. The minimum absolute atomic E-state index is 0.0613. The van der Waals surface area contributed by atoms with Gasteiger partial charge in [-0.2, -0.15) is 0 Å². The first kappa shape index (κ1) is 60.3. The first-order valence-corrected chi connectivity index (χ1v) is 31.8. The lowest BCUT2D eigenvalue weighted by molar-refractivity contribution is -0.112. The summed E-state index contributed by atoms with van der Waals surface area (Å²) in [6.07, 6.45) is 0. The molecule has 0 bridgehead atoms. The maximum atomic E-state index is 13.1. The van der Waals surface area contributed by atoms with Crippen molar-refractivity contribution in [3.63, 3.8) is 0 Å². The van der Waals surface area contributed by atoms with E-state index in [9.17, 15) is 4.79 Å². The van der Waals surface area contributed by atoms with E-state index in [-0.39, 0.29) is 50.5 Å². The number of Topliss-reactive ketones (excluding diaryl/α,β-unsaturated/α-hetero) is 1. The maximum absolute atomic E-state index is 13.1. The summed E-state index contributed by atoms with van der Waals surface area (Å²) in [5.41, 5.74) is 17.2. The van der Waals surface area contributed by atoms with Gasteiger partial charge in [0.2, 0.25) is 0 Å². The van der Waals surface area contributed by atoms with Crippen LogP contribution in [0.2, 0.25) is 0 Å². The van der Waals surface area contributed by atoms with E-state index in [1.165, 1.54) is 126 Å². The van der Waals surface area contributed by atoms with Crippen LogP contribution in [0.4, 0.5) is 0 Å². The highest BCUT2D eigenvalue weighted by Gasteiger charge is 2.52. The van der Waals surface area contributed by atoms with Crippen LogP contribution in [0, 0.1) is 18.8 Å². The fourth-order valence-electron chi connectivity index (χ4n) is 13.4. The number of rotatable bonds is 4. The highest BCUT2D eigenvalue weighted by atomic mass is 79.9. The monoisotopic (exact) mass is 1190 g/mol. The number of carbonyl (C=O) groups excluding carboxylic acids is 1. The predicted molar refractivity (Wildman–Crippen MR) is 372 cm³/mol. The SMILES string of the molecule is CC(C)(C)c1cc(-c2ccc3c4ccc(B5OC(C)(C)C(C)(C)O5)c5cccc(c6cccc2c63)c54)cc(C(C)(C)C)c1.CC(C)C1=C2C(=C(C(C)C)C1=O)c1ccc(Br)c3cccc2c13.Cc1cc(C(C)(C)C)cc2cc(C(C)(C)C)ccc12. The zero-order chi connectivity index (χ0) is 61.6. The van der Waals surface area contributed by atoms with Gasteiger partial charge in [0.05, 0.1) is 11.2 Å². The molecule has 85 heavy (non-hydrogen) atoms. The summed E-state index contributed by atoms with van der Waals surface area (Å²) < 4.78 is 14.2. The molecule has 0 N–H and O–H groups in total. The van der Waals surface area contributed by atoms with Crippen LogP contribution in [-0.2, 0) is 35.8 Å². The van der Waals surface area contributed by atoms with Crippen molar-refractivity contribution in [2.75, 3.05) is 0 Å². The second-order valence-electron chi connectivity index (χ2n) is 30.5. The fraction of sp³-hybridized carbons (Fsp3) is 0.362. The minimum Gasteiger partial charge on any atom is -0.399 e. The highest BCUT2D eigenvalue weighted by Crippen LogP contribution is 2.56. The molecule has 0 amide bonds. The number of allylic oxidation sites excluding steroid dienone is 4. The summed E-state index contributed by atoms with van der Waals surface area (Å²) >= 11 is 3.67. The van der Waals surface area contributed by atoms with E-state index >= 15 is 0 Å². The van der Waals surface area contributed by atoms with E-state index in [1.807, 2.05) is 0 Å². The van der Waals surface area contributed by atoms with Crippen LogP contribution in [0.5, 0.6) is 0 Å². The molecule has 13 rings (SSSR count). The third kappa shape index (κ3) is 10.4. The summed E-state index contributed by atoms with van der Waals surface area (Å²) in [4.78, 5) is 13.1. The summed E-state index contributed by atoms with van der Waals surface area (Å²) in [5.74, 6) is 0.721. The molecule has 10 aromatic carbocycles. The first-order valence-electron chi connectivity index (χ1n) is 31.0. The Hall–Kier alpha value is -6.37. The molecule has 10 aromatic rings. The number of aryl methyl sites for hydroxylation is 1. The molecule has 436 valence electrons. The van der Waals surface area contributed by atoms with Gasteiger partial charge in [0, 0.05) is 15.6 Å². The van der Waals surface area contributed by atoms with E-state index in [4.69, 9.17) is 9.31 Å². The molecule has 5 heteroatoms. The lowest BCUT2D eigenvalue weighted by Crippen LogP contribution is -2.41. The molecule has 0 radical (unpaired) electrons. The molecule has 3 nitrogen and oxygen atoms in total. The van der Waals surface area contributed by atoms with Crippen molar-refractivity contribution < 1.29 is 14.1 Å². The van der Waals surface area contributed by atoms with Crippen molar-refractivity contribution >= 4 is 110 Å².